The van der Waals surface area contributed by atoms with Crippen LogP contribution in [0.1, 0.15) is 19.3 Å². The van der Waals surface area contributed by atoms with Crippen LogP contribution in [-0.4, -0.2) is 71.0 Å². The molecule has 0 bridgehead atoms. The van der Waals surface area contributed by atoms with E-state index < -0.39 is 6.10 Å². The van der Waals surface area contributed by atoms with E-state index >= 15 is 0 Å². The van der Waals surface area contributed by atoms with E-state index in [1.54, 1.807) is 9.91 Å². The van der Waals surface area contributed by atoms with Gasteiger partial charge < -0.3 is 14.7 Å². The number of oxime groups is 1. The fourth-order valence-electron chi connectivity index (χ4n) is 4.69. The number of epoxide rings is 1. The zero-order valence-electron chi connectivity index (χ0n) is 16.1. The minimum Gasteiger partial charge on any atom is -0.396 e. The Balaban J connectivity index is 1.37. The topological polar surface area (TPSA) is 81.1 Å². The Morgan fingerprint density at radius 1 is 1.34 bits per heavy atom. The molecule has 3 heterocycles. The number of amides is 2. The van der Waals surface area contributed by atoms with E-state index in [0.29, 0.717) is 32.7 Å². The number of urea groups is 1. The molecule has 152 valence electrons. The summed E-state index contributed by atoms with van der Waals surface area (Å²) in [5.41, 5.74) is 1.69. The molecule has 8 nitrogen and oxygen atoms in total. The maximum atomic E-state index is 13.0. The van der Waals surface area contributed by atoms with E-state index in [0.717, 1.165) is 17.8 Å². The van der Waals surface area contributed by atoms with Crippen LogP contribution in [0.25, 0.3) is 0 Å². The van der Waals surface area contributed by atoms with E-state index in [2.05, 4.69) is 11.1 Å². The van der Waals surface area contributed by atoms with Gasteiger partial charge in [-0.3, -0.25) is 9.91 Å². The number of fused-ring (bicyclic) bond motifs is 4. The summed E-state index contributed by atoms with van der Waals surface area (Å²) in [5, 5.41) is 19.0. The molecular weight excluding hydrogens is 372 g/mol. The highest BCUT2D eigenvalue weighted by molar-refractivity contribution is 5.96. The summed E-state index contributed by atoms with van der Waals surface area (Å²) in [6.45, 7) is 1.43. The van der Waals surface area contributed by atoms with Gasteiger partial charge in [-0.1, -0.05) is 23.4 Å². The minimum absolute atomic E-state index is 0.0128. The molecule has 3 aliphatic heterocycles. The summed E-state index contributed by atoms with van der Waals surface area (Å²) >= 11 is 0. The van der Waals surface area contributed by atoms with Gasteiger partial charge in [0.2, 0.25) is 0 Å². The highest BCUT2D eigenvalue weighted by Gasteiger charge is 2.63. The summed E-state index contributed by atoms with van der Waals surface area (Å²) < 4.78 is 5.72. The van der Waals surface area contributed by atoms with Crippen molar-refractivity contribution < 1.29 is 19.5 Å². The molecule has 5 rings (SSSR count). The molecule has 1 N–H and O–H groups in total. The first kappa shape index (κ1) is 18.4. The monoisotopic (exact) mass is 396 g/mol. The van der Waals surface area contributed by atoms with Gasteiger partial charge in [0.25, 0.3) is 0 Å². The van der Waals surface area contributed by atoms with Crippen molar-refractivity contribution in [3.8, 4) is 12.3 Å². The second-order valence-corrected chi connectivity index (χ2v) is 7.80. The van der Waals surface area contributed by atoms with Crippen LogP contribution in [0.5, 0.6) is 0 Å². The molecule has 1 saturated carbocycles. The first-order valence-electron chi connectivity index (χ1n) is 10.1. The van der Waals surface area contributed by atoms with Crippen molar-refractivity contribution in [1.82, 2.24) is 10.0 Å². The first-order valence-corrected chi connectivity index (χ1v) is 10.1. The molecule has 0 radical (unpaired) electrons. The molecule has 5 atom stereocenters. The van der Waals surface area contributed by atoms with Crippen LogP contribution in [-0.2, 0) is 9.57 Å². The number of hydrazine groups is 1. The average molecular weight is 396 g/mol. The van der Waals surface area contributed by atoms with E-state index in [1.807, 2.05) is 35.3 Å². The highest BCUT2D eigenvalue weighted by atomic mass is 16.6. The third-order valence-corrected chi connectivity index (χ3v) is 6.13. The van der Waals surface area contributed by atoms with Gasteiger partial charge in [-0.25, -0.2) is 4.79 Å². The SMILES string of the molecule is C#CCCCO/N=C1/[C@H]2CCN3C(=O)N(c4ccccc4)CN3[C@H]2[C@H](O)[C@@H]2O[C@H]12. The lowest BCUT2D eigenvalue weighted by molar-refractivity contribution is -0.0933. The van der Waals surface area contributed by atoms with Gasteiger partial charge in [-0.2, -0.15) is 5.01 Å². The molecule has 8 heteroatoms. The Kier molecular flexibility index (Phi) is 4.66. The predicted molar refractivity (Wildman–Crippen MR) is 106 cm³/mol. The molecule has 29 heavy (non-hydrogen) atoms. The fraction of sp³-hybridized carbons (Fsp3) is 0.524. The number of nitrogens with zero attached hydrogens (tertiary/aromatic N) is 4. The van der Waals surface area contributed by atoms with Crippen molar-refractivity contribution in [2.75, 3.05) is 24.7 Å². The number of carbonyl (C=O) groups excluding carboxylic acids is 1. The molecule has 0 unspecified atom stereocenters. The number of aliphatic hydroxyl groups excluding tert-OH is 1. The molecule has 1 aromatic rings. The number of benzene rings is 1. The lowest BCUT2D eigenvalue weighted by Gasteiger charge is -2.46. The van der Waals surface area contributed by atoms with Crippen LogP contribution in [0.2, 0.25) is 0 Å². The number of aliphatic hydroxyl groups is 1. The molecule has 2 amide bonds. The molecule has 1 aromatic carbocycles. The quantitative estimate of drug-likeness (QED) is 0.352. The van der Waals surface area contributed by atoms with Crippen LogP contribution in [0.3, 0.4) is 0 Å². The van der Waals surface area contributed by atoms with Crippen LogP contribution in [0.4, 0.5) is 10.5 Å². The number of unbranched alkanes of at least 4 members (excludes halogenated alkanes) is 1. The normalized spacial score (nSPS) is 34.4. The first-order chi connectivity index (χ1) is 14.2. The van der Waals surface area contributed by atoms with Crippen molar-refractivity contribution in [2.24, 2.45) is 11.1 Å². The van der Waals surface area contributed by atoms with Crippen molar-refractivity contribution in [3.05, 3.63) is 30.3 Å². The van der Waals surface area contributed by atoms with Gasteiger partial charge in [-0.05, 0) is 25.0 Å². The smallest absolute Gasteiger partial charge is 0.340 e. The van der Waals surface area contributed by atoms with Gasteiger partial charge in [0.1, 0.15) is 24.9 Å². The number of hydrogen-bond acceptors (Lipinski definition) is 6. The van der Waals surface area contributed by atoms with Gasteiger partial charge in [0.15, 0.2) is 0 Å². The molecule has 1 aliphatic carbocycles. The van der Waals surface area contributed by atoms with Crippen molar-refractivity contribution in [2.45, 2.75) is 43.6 Å². The number of carbonyl (C=O) groups is 1. The van der Waals surface area contributed by atoms with Gasteiger partial charge in [0.05, 0.1) is 18.4 Å². The van der Waals surface area contributed by atoms with E-state index in [-0.39, 0.29) is 30.2 Å². The van der Waals surface area contributed by atoms with Crippen LogP contribution in [0.15, 0.2) is 35.5 Å². The predicted octanol–water partition coefficient (Wildman–Crippen LogP) is 1.42. The number of rotatable bonds is 5. The largest absolute Gasteiger partial charge is 0.396 e. The second kappa shape index (κ2) is 7.34. The van der Waals surface area contributed by atoms with Crippen molar-refractivity contribution >= 4 is 17.4 Å². The standard InChI is InChI=1S/C21H24N4O4/c1-2-3-7-12-28-22-16-15-10-11-24-21(27)23(14-8-5-4-6-9-14)13-25(24)17(15)18(26)20-19(16)29-20/h1,4-6,8-9,15,17-20,26H,3,7,10-13H2/b22-16-/t15-,17-,18+,19-,20+/m1/s1. The summed E-state index contributed by atoms with van der Waals surface area (Å²) in [5.74, 6) is 2.57. The van der Waals surface area contributed by atoms with Gasteiger partial charge in [-0.15, -0.1) is 12.3 Å². The maximum absolute atomic E-state index is 13.0. The molecule has 4 fully saturated rings. The Bertz CT molecular complexity index is 854. The number of anilines is 1. The molecule has 4 aliphatic rings. The fourth-order valence-corrected chi connectivity index (χ4v) is 4.69. The lowest BCUT2D eigenvalue weighted by Crippen LogP contribution is -2.63. The average Bonchev–Trinajstić information content (AvgIpc) is 3.48. The van der Waals surface area contributed by atoms with E-state index in [1.165, 1.54) is 0 Å². The van der Waals surface area contributed by atoms with Crippen LogP contribution in [0, 0.1) is 18.3 Å². The van der Waals surface area contributed by atoms with Crippen molar-refractivity contribution in [3.63, 3.8) is 0 Å². The van der Waals surface area contributed by atoms with Crippen LogP contribution < -0.4 is 4.90 Å². The molecule has 3 saturated heterocycles. The maximum Gasteiger partial charge on any atom is 0.340 e. The van der Waals surface area contributed by atoms with Gasteiger partial charge >= 0.3 is 6.03 Å². The minimum atomic E-state index is -0.670. The number of para-hydroxylation sites is 1. The van der Waals surface area contributed by atoms with Crippen molar-refractivity contribution in [1.29, 1.82) is 0 Å². The van der Waals surface area contributed by atoms with Crippen LogP contribution >= 0.6 is 0 Å². The van der Waals surface area contributed by atoms with E-state index in [9.17, 15) is 9.90 Å². The number of terminal acetylenes is 1. The summed E-state index contributed by atoms with van der Waals surface area (Å²) in [7, 11) is 0. The summed E-state index contributed by atoms with van der Waals surface area (Å²) in [4.78, 5) is 20.2. The Hall–Kier alpha value is -2.60. The lowest BCUT2D eigenvalue weighted by atomic mass is 9.77. The Morgan fingerprint density at radius 3 is 2.97 bits per heavy atom. The van der Waals surface area contributed by atoms with E-state index in [4.69, 9.17) is 16.0 Å². The third kappa shape index (κ3) is 3.06. The Labute approximate surface area is 169 Å². The molecule has 0 aromatic heterocycles. The number of hydrogen-bond donors (Lipinski definition) is 1. The Morgan fingerprint density at radius 2 is 2.17 bits per heavy atom. The zero-order valence-corrected chi connectivity index (χ0v) is 16.1. The zero-order chi connectivity index (χ0) is 20.0. The van der Waals surface area contributed by atoms with Gasteiger partial charge in [0, 0.05) is 24.6 Å². The molecule has 0 spiro atoms. The third-order valence-electron chi connectivity index (χ3n) is 6.13. The summed E-state index contributed by atoms with van der Waals surface area (Å²) in [6, 6.07) is 9.27. The molecular formula is C21H24N4O4. The highest BCUT2D eigenvalue weighted by Crippen LogP contribution is 2.45. The summed E-state index contributed by atoms with van der Waals surface area (Å²) in [6.07, 6.45) is 6.24. The second-order valence-electron chi connectivity index (χ2n) is 7.80. The number of ether oxygens (including phenoxy) is 1.